The van der Waals surface area contributed by atoms with Gasteiger partial charge in [-0.3, -0.25) is 0 Å². The molecular formula is C20H21BFN5O3. The first-order valence-corrected chi connectivity index (χ1v) is 9.52. The standard InChI is InChI=1S/C20H21BFN5O3/c1-12-9-15-16(21(28)29)7-4-8-17(15)27(12)20-24-18(19(30-2)25-26-20)23-11-13-5-3-6-14(22)10-13/h3-8,10,12,28-29H,9,11H2,1-2H3,(H,23,24,26). The Kier molecular flexibility index (Phi) is 5.51. The molecule has 0 saturated heterocycles. The van der Waals surface area contributed by atoms with Gasteiger partial charge in [0, 0.05) is 18.3 Å². The average Bonchev–Trinajstić information content (AvgIpc) is 3.07. The molecule has 10 heteroatoms. The van der Waals surface area contributed by atoms with Crippen LogP contribution in [0.25, 0.3) is 0 Å². The lowest BCUT2D eigenvalue weighted by Crippen LogP contribution is -2.32. The molecular weight excluding hydrogens is 388 g/mol. The van der Waals surface area contributed by atoms with Crippen LogP contribution in [0.2, 0.25) is 0 Å². The molecule has 0 bridgehead atoms. The summed E-state index contributed by atoms with van der Waals surface area (Å²) in [6.07, 6.45) is 0.616. The fourth-order valence-corrected chi connectivity index (χ4v) is 3.71. The highest BCUT2D eigenvalue weighted by atomic mass is 19.1. The maximum Gasteiger partial charge on any atom is 0.488 e. The molecule has 0 fully saturated rings. The number of ether oxygens (including phenoxy) is 1. The van der Waals surface area contributed by atoms with E-state index in [-0.39, 0.29) is 17.7 Å². The van der Waals surface area contributed by atoms with Crippen LogP contribution >= 0.6 is 0 Å². The second-order valence-corrected chi connectivity index (χ2v) is 7.09. The molecule has 0 saturated carbocycles. The van der Waals surface area contributed by atoms with Gasteiger partial charge in [-0.1, -0.05) is 24.3 Å². The molecule has 1 aromatic heterocycles. The third kappa shape index (κ3) is 3.79. The van der Waals surface area contributed by atoms with E-state index < -0.39 is 7.12 Å². The molecule has 154 valence electrons. The van der Waals surface area contributed by atoms with Gasteiger partial charge in [0.05, 0.1) is 7.11 Å². The van der Waals surface area contributed by atoms with E-state index in [1.165, 1.54) is 19.2 Å². The molecule has 3 aromatic rings. The number of anilines is 3. The van der Waals surface area contributed by atoms with Crippen LogP contribution in [0.5, 0.6) is 5.88 Å². The number of rotatable bonds is 6. The van der Waals surface area contributed by atoms with Gasteiger partial charge < -0.3 is 25.0 Å². The predicted octanol–water partition coefficient (Wildman–Crippen LogP) is 1.39. The van der Waals surface area contributed by atoms with Gasteiger partial charge >= 0.3 is 7.12 Å². The molecule has 3 N–H and O–H groups in total. The zero-order valence-corrected chi connectivity index (χ0v) is 16.6. The van der Waals surface area contributed by atoms with Crippen molar-refractivity contribution in [2.45, 2.75) is 25.9 Å². The van der Waals surface area contributed by atoms with Crippen molar-refractivity contribution in [1.29, 1.82) is 0 Å². The lowest BCUT2D eigenvalue weighted by Gasteiger charge is -2.23. The highest BCUT2D eigenvalue weighted by molar-refractivity contribution is 6.59. The van der Waals surface area contributed by atoms with Crippen LogP contribution in [0.3, 0.4) is 0 Å². The number of hydrogen-bond donors (Lipinski definition) is 3. The second-order valence-electron chi connectivity index (χ2n) is 7.09. The molecule has 0 spiro atoms. The minimum Gasteiger partial charge on any atom is -0.477 e. The summed E-state index contributed by atoms with van der Waals surface area (Å²) in [5.74, 6) is 0.646. The van der Waals surface area contributed by atoms with E-state index in [1.54, 1.807) is 24.3 Å². The summed E-state index contributed by atoms with van der Waals surface area (Å²) in [5, 5.41) is 30.8. The Bertz CT molecular complexity index is 1070. The Balaban J connectivity index is 1.66. The molecule has 4 rings (SSSR count). The van der Waals surface area contributed by atoms with Crippen LogP contribution in [-0.4, -0.2) is 45.5 Å². The van der Waals surface area contributed by atoms with E-state index in [0.717, 1.165) is 16.8 Å². The van der Waals surface area contributed by atoms with Crippen molar-refractivity contribution in [3.05, 3.63) is 59.4 Å². The molecule has 1 aliphatic rings. The predicted molar refractivity (Wildman–Crippen MR) is 112 cm³/mol. The quantitative estimate of drug-likeness (QED) is 0.525. The average molecular weight is 409 g/mol. The van der Waals surface area contributed by atoms with E-state index in [9.17, 15) is 14.4 Å². The van der Waals surface area contributed by atoms with Crippen molar-refractivity contribution in [3.63, 3.8) is 0 Å². The Morgan fingerprint density at radius 2 is 2.03 bits per heavy atom. The van der Waals surface area contributed by atoms with Gasteiger partial charge in [-0.05, 0) is 48.1 Å². The van der Waals surface area contributed by atoms with Gasteiger partial charge in [0.2, 0.25) is 0 Å². The largest absolute Gasteiger partial charge is 0.488 e. The van der Waals surface area contributed by atoms with Crippen molar-refractivity contribution in [2.24, 2.45) is 0 Å². The molecule has 0 amide bonds. The van der Waals surface area contributed by atoms with Crippen molar-refractivity contribution in [3.8, 4) is 5.88 Å². The summed E-state index contributed by atoms with van der Waals surface area (Å²) in [4.78, 5) is 6.49. The number of methoxy groups -OCH3 is 1. The zero-order chi connectivity index (χ0) is 21.3. The smallest absolute Gasteiger partial charge is 0.477 e. The minimum atomic E-state index is -1.55. The van der Waals surface area contributed by atoms with Crippen LogP contribution < -0.4 is 20.4 Å². The van der Waals surface area contributed by atoms with Crippen LogP contribution in [-0.2, 0) is 13.0 Å². The number of benzene rings is 2. The van der Waals surface area contributed by atoms with Crippen molar-refractivity contribution in [1.82, 2.24) is 15.2 Å². The number of fused-ring (bicyclic) bond motifs is 1. The summed E-state index contributed by atoms with van der Waals surface area (Å²) in [7, 11) is -0.0768. The number of hydrogen-bond acceptors (Lipinski definition) is 8. The highest BCUT2D eigenvalue weighted by Gasteiger charge is 2.33. The van der Waals surface area contributed by atoms with Crippen molar-refractivity contribution >= 4 is 30.0 Å². The van der Waals surface area contributed by atoms with Gasteiger partial charge in [-0.25, -0.2) is 4.39 Å². The van der Waals surface area contributed by atoms with E-state index in [4.69, 9.17) is 4.74 Å². The van der Waals surface area contributed by atoms with Crippen LogP contribution in [0.15, 0.2) is 42.5 Å². The van der Waals surface area contributed by atoms with Gasteiger partial charge in [0.1, 0.15) is 5.82 Å². The van der Waals surface area contributed by atoms with Crippen molar-refractivity contribution < 1.29 is 19.2 Å². The fourth-order valence-electron chi connectivity index (χ4n) is 3.71. The van der Waals surface area contributed by atoms with E-state index in [2.05, 4.69) is 20.5 Å². The van der Waals surface area contributed by atoms with Gasteiger partial charge in [0.25, 0.3) is 11.8 Å². The Morgan fingerprint density at radius 3 is 2.77 bits per heavy atom. The van der Waals surface area contributed by atoms with E-state index in [1.807, 2.05) is 17.9 Å². The monoisotopic (exact) mass is 409 g/mol. The number of halogens is 1. The molecule has 30 heavy (non-hydrogen) atoms. The first kappa shape index (κ1) is 20.1. The van der Waals surface area contributed by atoms with Crippen LogP contribution in [0, 0.1) is 5.82 Å². The van der Waals surface area contributed by atoms with Gasteiger partial charge in [0.15, 0.2) is 5.82 Å². The van der Waals surface area contributed by atoms with Crippen molar-refractivity contribution in [2.75, 3.05) is 17.3 Å². The number of nitrogens with zero attached hydrogens (tertiary/aromatic N) is 4. The first-order chi connectivity index (χ1) is 14.5. The maximum atomic E-state index is 13.4. The summed E-state index contributed by atoms with van der Waals surface area (Å²) in [5.41, 5.74) is 2.86. The topological polar surface area (TPSA) is 104 Å². The molecule has 2 aromatic carbocycles. The molecule has 1 atom stereocenters. The van der Waals surface area contributed by atoms with E-state index >= 15 is 0 Å². The molecule has 8 nitrogen and oxygen atoms in total. The molecule has 0 radical (unpaired) electrons. The Hall–Kier alpha value is -3.24. The van der Waals surface area contributed by atoms with Gasteiger partial charge in [-0.2, -0.15) is 4.98 Å². The third-order valence-electron chi connectivity index (χ3n) is 5.07. The van der Waals surface area contributed by atoms with Gasteiger partial charge in [-0.15, -0.1) is 10.2 Å². The summed E-state index contributed by atoms with van der Waals surface area (Å²) >= 11 is 0. The fraction of sp³-hybridized carbons (Fsp3) is 0.250. The highest BCUT2D eigenvalue weighted by Crippen LogP contribution is 2.36. The summed E-state index contributed by atoms with van der Waals surface area (Å²) in [6, 6.07) is 11.6. The first-order valence-electron chi connectivity index (χ1n) is 9.52. The summed E-state index contributed by atoms with van der Waals surface area (Å²) < 4.78 is 18.7. The summed E-state index contributed by atoms with van der Waals surface area (Å²) in [6.45, 7) is 2.33. The maximum absolute atomic E-state index is 13.4. The molecule has 0 aliphatic carbocycles. The Labute approximate surface area is 173 Å². The minimum absolute atomic E-state index is 0.00818. The lowest BCUT2D eigenvalue weighted by atomic mass is 9.76. The lowest BCUT2D eigenvalue weighted by molar-refractivity contribution is 0.391. The third-order valence-corrected chi connectivity index (χ3v) is 5.07. The Morgan fingerprint density at radius 1 is 1.23 bits per heavy atom. The van der Waals surface area contributed by atoms with Crippen LogP contribution in [0.1, 0.15) is 18.1 Å². The number of aromatic nitrogens is 3. The van der Waals surface area contributed by atoms with E-state index in [0.29, 0.717) is 30.2 Å². The second kappa shape index (κ2) is 8.25. The SMILES string of the molecule is COc1nnc(N2c3cccc(B(O)O)c3CC2C)nc1NCc1cccc(F)c1. The molecule has 1 unspecified atom stereocenters. The molecule has 1 aliphatic heterocycles. The normalized spacial score (nSPS) is 15.1. The zero-order valence-electron chi connectivity index (χ0n) is 16.6. The molecule has 2 heterocycles. The van der Waals surface area contributed by atoms with Crippen LogP contribution in [0.4, 0.5) is 21.8 Å². The number of nitrogens with one attached hydrogen (secondary N) is 1.